The fourth-order valence-electron chi connectivity index (χ4n) is 5.55. The van der Waals surface area contributed by atoms with E-state index in [0.29, 0.717) is 17.3 Å². The molecule has 0 unspecified atom stereocenters. The Morgan fingerprint density at radius 2 is 1.71 bits per heavy atom. The van der Waals surface area contributed by atoms with Crippen molar-refractivity contribution in [1.82, 2.24) is 4.90 Å². The van der Waals surface area contributed by atoms with Gasteiger partial charge < -0.3 is 10.2 Å². The van der Waals surface area contributed by atoms with Gasteiger partial charge in [-0.15, -0.1) is 0 Å². The Morgan fingerprint density at radius 3 is 2.24 bits per heavy atom. The molecule has 0 aromatic heterocycles. The lowest BCUT2D eigenvalue weighted by Crippen LogP contribution is -2.49. The number of hydrogen-bond donors (Lipinski definition) is 2. The van der Waals surface area contributed by atoms with Crippen molar-refractivity contribution in [3.05, 3.63) is 11.6 Å². The maximum absolute atomic E-state index is 9.87. The van der Waals surface area contributed by atoms with Gasteiger partial charge in [0.1, 0.15) is 0 Å². The normalized spacial score (nSPS) is 48.5. The summed E-state index contributed by atoms with van der Waals surface area (Å²) in [5.74, 6) is 2.90. The highest BCUT2D eigenvalue weighted by Gasteiger charge is 2.51. The molecule has 5 aliphatic rings. The van der Waals surface area contributed by atoms with Crippen LogP contribution in [0, 0.1) is 29.1 Å². The van der Waals surface area contributed by atoms with E-state index in [9.17, 15) is 10.2 Å². The van der Waals surface area contributed by atoms with E-state index in [-0.39, 0.29) is 0 Å². The van der Waals surface area contributed by atoms with Gasteiger partial charge in [-0.25, -0.2) is 0 Å². The van der Waals surface area contributed by atoms with Crippen LogP contribution in [0.2, 0.25) is 0 Å². The van der Waals surface area contributed by atoms with Crippen molar-refractivity contribution < 1.29 is 10.2 Å². The van der Waals surface area contributed by atoms with Crippen molar-refractivity contribution in [2.75, 3.05) is 19.6 Å². The third-order valence-electron chi connectivity index (χ3n) is 7.17. The van der Waals surface area contributed by atoms with Crippen LogP contribution in [0.1, 0.15) is 39.5 Å². The topological polar surface area (TPSA) is 43.7 Å². The fourth-order valence-corrected chi connectivity index (χ4v) is 5.55. The average Bonchev–Trinajstić information content (AvgIpc) is 2.80. The van der Waals surface area contributed by atoms with E-state index in [4.69, 9.17) is 0 Å². The number of fused-ring (bicyclic) bond motifs is 2. The summed E-state index contributed by atoms with van der Waals surface area (Å²) in [4.78, 5) is 2.58. The first-order valence-electron chi connectivity index (χ1n) is 8.72. The Hall–Kier alpha value is -0.380. The highest BCUT2D eigenvalue weighted by Crippen LogP contribution is 2.59. The molecule has 2 N–H and O–H groups in total. The first-order valence-corrected chi connectivity index (χ1v) is 8.72. The zero-order valence-corrected chi connectivity index (χ0v) is 13.3. The fraction of sp³-hybridized carbons (Fsp3) is 0.889. The molecule has 21 heavy (non-hydrogen) atoms. The van der Waals surface area contributed by atoms with Gasteiger partial charge in [-0.2, -0.15) is 0 Å². The van der Waals surface area contributed by atoms with Crippen molar-refractivity contribution in [3.8, 4) is 0 Å². The minimum absolute atomic E-state index is 0.494. The summed E-state index contributed by atoms with van der Waals surface area (Å²) in [7, 11) is 0. The van der Waals surface area contributed by atoms with Gasteiger partial charge in [-0.1, -0.05) is 25.5 Å². The first kappa shape index (κ1) is 14.2. The number of hydrogen-bond acceptors (Lipinski definition) is 3. The standard InChI is InChI=1S/C18H29NO2/c1-18(2)14-4-3-11(15(18)7-14)8-19-9-12-5-16(20)17(21)6-13(12)10-19/h3,12-17,20-21H,4-10H2,1-2H3/t12-,13+,14-,15-,16+,17-/m0/s1. The van der Waals surface area contributed by atoms with Crippen LogP contribution in [0.3, 0.4) is 0 Å². The van der Waals surface area contributed by atoms with E-state index in [1.54, 1.807) is 5.57 Å². The molecule has 1 aliphatic heterocycles. The molecule has 0 amide bonds. The Kier molecular flexibility index (Phi) is 3.26. The Morgan fingerprint density at radius 1 is 1.10 bits per heavy atom. The molecule has 2 bridgehead atoms. The van der Waals surface area contributed by atoms with Gasteiger partial charge in [0.05, 0.1) is 12.2 Å². The summed E-state index contributed by atoms with van der Waals surface area (Å²) in [6, 6.07) is 0. The van der Waals surface area contributed by atoms with Gasteiger partial charge in [0.25, 0.3) is 0 Å². The summed E-state index contributed by atoms with van der Waals surface area (Å²) in [6.45, 7) is 8.23. The number of nitrogens with zero attached hydrogens (tertiary/aromatic N) is 1. The molecule has 3 heteroatoms. The number of allylic oxidation sites excluding steroid dienone is 1. The molecule has 1 saturated heterocycles. The molecule has 2 saturated carbocycles. The van der Waals surface area contributed by atoms with Crippen LogP contribution in [-0.4, -0.2) is 47.0 Å². The minimum Gasteiger partial charge on any atom is -0.390 e. The van der Waals surface area contributed by atoms with Gasteiger partial charge in [-0.05, 0) is 54.8 Å². The van der Waals surface area contributed by atoms with Crippen LogP contribution < -0.4 is 0 Å². The van der Waals surface area contributed by atoms with Crippen LogP contribution in [0.4, 0.5) is 0 Å². The second-order valence-electron chi connectivity index (χ2n) is 8.64. The first-order chi connectivity index (χ1) is 9.95. The molecule has 5 rings (SSSR count). The number of aliphatic hydroxyl groups excluding tert-OH is 2. The number of rotatable bonds is 2. The summed E-state index contributed by atoms with van der Waals surface area (Å²) in [5, 5.41) is 19.7. The second kappa shape index (κ2) is 4.81. The summed E-state index contributed by atoms with van der Waals surface area (Å²) in [6.07, 6.45) is 5.78. The lowest BCUT2D eigenvalue weighted by molar-refractivity contribution is -0.0372. The molecule has 3 fully saturated rings. The predicted molar refractivity (Wildman–Crippen MR) is 82.7 cm³/mol. The Balaban J connectivity index is 1.40. The van der Waals surface area contributed by atoms with Crippen LogP contribution in [0.25, 0.3) is 0 Å². The highest BCUT2D eigenvalue weighted by atomic mass is 16.3. The van der Waals surface area contributed by atoms with Crippen molar-refractivity contribution in [2.24, 2.45) is 29.1 Å². The molecule has 3 nitrogen and oxygen atoms in total. The molecule has 118 valence electrons. The number of aliphatic hydroxyl groups is 2. The summed E-state index contributed by atoms with van der Waals surface area (Å²) < 4.78 is 0. The monoisotopic (exact) mass is 291 g/mol. The third kappa shape index (κ3) is 2.20. The van der Waals surface area contributed by atoms with Crippen LogP contribution in [0.5, 0.6) is 0 Å². The quantitative estimate of drug-likeness (QED) is 0.765. The predicted octanol–water partition coefficient (Wildman–Crippen LogP) is 2.04. The highest BCUT2D eigenvalue weighted by molar-refractivity contribution is 5.24. The van der Waals surface area contributed by atoms with Gasteiger partial charge in [0.15, 0.2) is 0 Å². The van der Waals surface area contributed by atoms with Gasteiger partial charge in [0, 0.05) is 19.6 Å². The molecular formula is C18H29NO2. The average molecular weight is 291 g/mol. The molecule has 0 radical (unpaired) electrons. The molecule has 0 aromatic rings. The molecule has 0 spiro atoms. The van der Waals surface area contributed by atoms with Crippen molar-refractivity contribution in [3.63, 3.8) is 0 Å². The van der Waals surface area contributed by atoms with Crippen molar-refractivity contribution >= 4 is 0 Å². The maximum Gasteiger partial charge on any atom is 0.0802 e. The molecule has 0 aromatic carbocycles. The summed E-state index contributed by atoms with van der Waals surface area (Å²) >= 11 is 0. The SMILES string of the molecule is CC1(C)[C@H]2CC=C(CN3C[C@H]4C[C@H](O)[C@H](O)C[C@H]4C3)[C@@H]1C2. The Bertz CT molecular complexity index is 440. The van der Waals surface area contributed by atoms with E-state index in [1.807, 2.05) is 0 Å². The van der Waals surface area contributed by atoms with Crippen molar-refractivity contribution in [1.29, 1.82) is 0 Å². The van der Waals surface area contributed by atoms with Crippen molar-refractivity contribution in [2.45, 2.75) is 51.7 Å². The zero-order chi connectivity index (χ0) is 14.8. The van der Waals surface area contributed by atoms with Gasteiger partial charge in [-0.3, -0.25) is 4.90 Å². The molecular weight excluding hydrogens is 262 g/mol. The van der Waals surface area contributed by atoms with E-state index in [0.717, 1.165) is 44.3 Å². The summed E-state index contributed by atoms with van der Waals surface area (Å²) in [5.41, 5.74) is 2.19. The third-order valence-corrected chi connectivity index (χ3v) is 7.17. The lowest BCUT2D eigenvalue weighted by atomic mass is 9.49. The largest absolute Gasteiger partial charge is 0.390 e. The van der Waals surface area contributed by atoms with Gasteiger partial charge >= 0.3 is 0 Å². The van der Waals surface area contributed by atoms with Gasteiger partial charge in [0.2, 0.25) is 0 Å². The smallest absolute Gasteiger partial charge is 0.0802 e. The minimum atomic E-state index is -0.494. The van der Waals surface area contributed by atoms with Crippen LogP contribution >= 0.6 is 0 Å². The molecule has 1 heterocycles. The maximum atomic E-state index is 9.87. The van der Waals surface area contributed by atoms with E-state index in [1.165, 1.54) is 12.8 Å². The van der Waals surface area contributed by atoms with Crippen LogP contribution in [-0.2, 0) is 0 Å². The lowest BCUT2D eigenvalue weighted by Gasteiger charge is -2.57. The zero-order valence-electron chi connectivity index (χ0n) is 13.3. The second-order valence-corrected chi connectivity index (χ2v) is 8.64. The van der Waals surface area contributed by atoms with Crippen LogP contribution in [0.15, 0.2) is 11.6 Å². The van der Waals surface area contributed by atoms with E-state index >= 15 is 0 Å². The Labute approximate surface area is 128 Å². The molecule has 4 aliphatic carbocycles. The molecule has 6 atom stereocenters. The van der Waals surface area contributed by atoms with E-state index in [2.05, 4.69) is 24.8 Å². The van der Waals surface area contributed by atoms with E-state index < -0.39 is 12.2 Å². The number of likely N-dealkylation sites (tertiary alicyclic amines) is 1.